The zero-order valence-electron chi connectivity index (χ0n) is 19.2. The minimum atomic E-state index is 0.887. The van der Waals surface area contributed by atoms with Crippen molar-refractivity contribution in [1.29, 1.82) is 0 Å². The van der Waals surface area contributed by atoms with Crippen LogP contribution < -0.4 is 5.32 Å². The molecule has 7 heteroatoms. The molecule has 6 rings (SSSR count). The van der Waals surface area contributed by atoms with E-state index in [2.05, 4.69) is 69.4 Å². The number of hydrogen-bond donors (Lipinski definition) is 2. The predicted octanol–water partition coefficient (Wildman–Crippen LogP) is 3.71. The highest BCUT2D eigenvalue weighted by atomic mass is 15.2. The molecule has 3 aromatic heterocycles. The first-order chi connectivity index (χ1) is 16.1. The predicted molar refractivity (Wildman–Crippen MR) is 132 cm³/mol. The average Bonchev–Trinajstić information content (AvgIpc) is 3.43. The quantitative estimate of drug-likeness (QED) is 0.505. The van der Waals surface area contributed by atoms with Gasteiger partial charge in [0.2, 0.25) is 0 Å². The Kier molecular flexibility index (Phi) is 5.08. The van der Waals surface area contributed by atoms with Gasteiger partial charge in [-0.25, -0.2) is 15.0 Å². The van der Waals surface area contributed by atoms with Crippen LogP contribution in [0.25, 0.3) is 33.4 Å². The smallest absolute Gasteiger partial charge is 0.147 e. The normalized spacial score (nSPS) is 16.8. The summed E-state index contributed by atoms with van der Waals surface area (Å²) in [7, 11) is 2.20. The van der Waals surface area contributed by atoms with Crippen molar-refractivity contribution in [3.63, 3.8) is 0 Å². The van der Waals surface area contributed by atoms with Crippen LogP contribution in [-0.4, -0.2) is 69.5 Å². The molecule has 168 valence electrons. The molecule has 1 saturated heterocycles. The van der Waals surface area contributed by atoms with Crippen molar-refractivity contribution in [2.24, 2.45) is 0 Å². The lowest BCUT2D eigenvalue weighted by molar-refractivity contribution is 0.148. The SMILES string of the molecule is Cc1[nH]c2ncc(-c3ccc(CN4CCN(C)CC4)cc3)cc2c1-c1cnc2c(n1)CCN2. The minimum absolute atomic E-state index is 0.887. The van der Waals surface area contributed by atoms with E-state index in [4.69, 9.17) is 9.97 Å². The largest absolute Gasteiger partial charge is 0.368 e. The molecular weight excluding hydrogens is 410 g/mol. The molecule has 0 radical (unpaired) electrons. The molecule has 0 unspecified atom stereocenters. The first-order valence-corrected chi connectivity index (χ1v) is 11.7. The van der Waals surface area contributed by atoms with Crippen LogP contribution in [0.3, 0.4) is 0 Å². The van der Waals surface area contributed by atoms with E-state index in [1.807, 2.05) is 12.4 Å². The van der Waals surface area contributed by atoms with Crippen LogP contribution in [0, 0.1) is 6.92 Å². The number of H-pyrrole nitrogens is 1. The zero-order chi connectivity index (χ0) is 22.4. The molecule has 0 saturated carbocycles. The number of rotatable bonds is 4. The van der Waals surface area contributed by atoms with Gasteiger partial charge in [0.15, 0.2) is 0 Å². The molecule has 0 amide bonds. The minimum Gasteiger partial charge on any atom is -0.368 e. The lowest BCUT2D eigenvalue weighted by Gasteiger charge is -2.32. The molecule has 33 heavy (non-hydrogen) atoms. The van der Waals surface area contributed by atoms with Gasteiger partial charge in [-0.3, -0.25) is 4.90 Å². The van der Waals surface area contributed by atoms with Crippen molar-refractivity contribution in [1.82, 2.24) is 29.7 Å². The summed E-state index contributed by atoms with van der Waals surface area (Å²) in [4.78, 5) is 22.6. The van der Waals surface area contributed by atoms with Gasteiger partial charge in [-0.05, 0) is 31.2 Å². The first kappa shape index (κ1) is 20.3. The van der Waals surface area contributed by atoms with E-state index in [9.17, 15) is 0 Å². The maximum absolute atomic E-state index is 4.90. The number of aromatic nitrogens is 4. The highest BCUT2D eigenvalue weighted by Crippen LogP contribution is 2.34. The van der Waals surface area contributed by atoms with Gasteiger partial charge in [-0.2, -0.15) is 0 Å². The number of nitrogens with one attached hydrogen (secondary N) is 2. The van der Waals surface area contributed by atoms with Gasteiger partial charge in [0.05, 0.1) is 17.6 Å². The van der Waals surface area contributed by atoms with Crippen LogP contribution in [0.1, 0.15) is 17.0 Å². The lowest BCUT2D eigenvalue weighted by Crippen LogP contribution is -2.43. The number of hydrogen-bond acceptors (Lipinski definition) is 6. The maximum atomic E-state index is 4.90. The van der Waals surface area contributed by atoms with Gasteiger partial charge in [0.25, 0.3) is 0 Å². The van der Waals surface area contributed by atoms with Crippen LogP contribution in [0.4, 0.5) is 5.82 Å². The molecule has 7 nitrogen and oxygen atoms in total. The van der Waals surface area contributed by atoms with Crippen molar-refractivity contribution >= 4 is 16.9 Å². The van der Waals surface area contributed by atoms with E-state index in [-0.39, 0.29) is 0 Å². The van der Waals surface area contributed by atoms with E-state index in [0.717, 1.165) is 90.7 Å². The first-order valence-electron chi connectivity index (χ1n) is 11.7. The third-order valence-corrected chi connectivity index (χ3v) is 6.88. The molecule has 0 spiro atoms. The Labute approximate surface area is 193 Å². The van der Waals surface area contributed by atoms with Gasteiger partial charge in [0.1, 0.15) is 11.5 Å². The fourth-order valence-corrected chi connectivity index (χ4v) is 4.92. The Morgan fingerprint density at radius 2 is 1.79 bits per heavy atom. The van der Waals surface area contributed by atoms with Gasteiger partial charge in [-0.1, -0.05) is 24.3 Å². The fraction of sp³-hybridized carbons (Fsp3) is 0.346. The van der Waals surface area contributed by atoms with Crippen LogP contribution in [-0.2, 0) is 13.0 Å². The number of piperazine rings is 1. The number of aromatic amines is 1. The highest BCUT2D eigenvalue weighted by molar-refractivity contribution is 5.96. The number of fused-ring (bicyclic) bond motifs is 2. The van der Waals surface area contributed by atoms with Crippen LogP contribution in [0.5, 0.6) is 0 Å². The second-order valence-corrected chi connectivity index (χ2v) is 9.25. The summed E-state index contributed by atoms with van der Waals surface area (Å²) in [6, 6.07) is 11.2. The summed E-state index contributed by atoms with van der Waals surface area (Å²) in [5.74, 6) is 0.909. The van der Waals surface area contributed by atoms with Crippen molar-refractivity contribution in [3.05, 3.63) is 59.7 Å². The van der Waals surface area contributed by atoms with E-state index >= 15 is 0 Å². The summed E-state index contributed by atoms with van der Waals surface area (Å²) in [6.07, 6.45) is 4.74. The van der Waals surface area contributed by atoms with Crippen LogP contribution >= 0.6 is 0 Å². The summed E-state index contributed by atoms with van der Waals surface area (Å²) in [5, 5.41) is 4.38. The number of benzene rings is 1. The number of pyridine rings is 1. The van der Waals surface area contributed by atoms with E-state index in [1.54, 1.807) is 0 Å². The van der Waals surface area contributed by atoms with Crippen molar-refractivity contribution in [2.45, 2.75) is 19.9 Å². The van der Waals surface area contributed by atoms with Gasteiger partial charge < -0.3 is 15.2 Å². The highest BCUT2D eigenvalue weighted by Gasteiger charge is 2.19. The standard InChI is InChI=1S/C26H29N7/c1-17-24(23-15-29-26-22(31-23)7-8-27-26)21-13-20(14-28-25(21)30-17)19-5-3-18(4-6-19)16-33-11-9-32(2)10-12-33/h3-6,13-15H,7-12,16H2,1-2H3,(H,27,29)(H,28,30). The Hall–Kier alpha value is -3.29. The molecule has 1 fully saturated rings. The molecule has 2 N–H and O–H groups in total. The third kappa shape index (κ3) is 3.87. The molecule has 0 bridgehead atoms. The molecule has 2 aliphatic heterocycles. The summed E-state index contributed by atoms with van der Waals surface area (Å²) < 4.78 is 0. The zero-order valence-corrected chi connectivity index (χ0v) is 19.2. The van der Waals surface area contributed by atoms with Gasteiger partial charge in [0, 0.05) is 74.1 Å². The maximum Gasteiger partial charge on any atom is 0.147 e. The number of likely N-dealkylation sites (N-methyl/N-ethyl adjacent to an activating group) is 1. The summed E-state index contributed by atoms with van der Waals surface area (Å²) in [6.45, 7) is 8.56. The second-order valence-electron chi connectivity index (χ2n) is 9.25. The molecule has 5 heterocycles. The Bertz CT molecular complexity index is 1300. The summed E-state index contributed by atoms with van der Waals surface area (Å²) in [5.41, 5.74) is 8.65. The summed E-state index contributed by atoms with van der Waals surface area (Å²) >= 11 is 0. The van der Waals surface area contributed by atoms with Gasteiger partial charge >= 0.3 is 0 Å². The molecule has 2 aliphatic rings. The lowest BCUT2D eigenvalue weighted by atomic mass is 10.0. The number of nitrogens with zero attached hydrogens (tertiary/aromatic N) is 5. The molecule has 0 atom stereocenters. The molecule has 0 aliphatic carbocycles. The van der Waals surface area contributed by atoms with E-state index in [1.165, 1.54) is 11.1 Å². The van der Waals surface area contributed by atoms with Gasteiger partial charge in [-0.15, -0.1) is 0 Å². The molecule has 1 aromatic carbocycles. The Morgan fingerprint density at radius 1 is 0.970 bits per heavy atom. The van der Waals surface area contributed by atoms with Crippen molar-refractivity contribution < 1.29 is 0 Å². The van der Waals surface area contributed by atoms with Crippen molar-refractivity contribution in [2.75, 3.05) is 45.1 Å². The monoisotopic (exact) mass is 439 g/mol. The topological polar surface area (TPSA) is 73.0 Å². The van der Waals surface area contributed by atoms with E-state index in [0.29, 0.717) is 0 Å². The number of anilines is 1. The second kappa shape index (κ2) is 8.24. The third-order valence-electron chi connectivity index (χ3n) is 6.88. The Morgan fingerprint density at radius 3 is 2.61 bits per heavy atom. The molecule has 4 aromatic rings. The molecular formula is C26H29N7. The average molecular weight is 440 g/mol. The van der Waals surface area contributed by atoms with Crippen molar-refractivity contribution in [3.8, 4) is 22.4 Å². The Balaban J connectivity index is 1.29. The number of aryl methyl sites for hydroxylation is 1. The van der Waals surface area contributed by atoms with E-state index < -0.39 is 0 Å². The van der Waals surface area contributed by atoms with Crippen LogP contribution in [0.15, 0.2) is 42.7 Å². The van der Waals surface area contributed by atoms with Crippen LogP contribution in [0.2, 0.25) is 0 Å². The fourth-order valence-electron chi connectivity index (χ4n) is 4.92.